The number of aromatic nitrogens is 1. The Bertz CT molecular complexity index is 1610. The lowest BCUT2D eigenvalue weighted by atomic mass is 10.00. The van der Waals surface area contributed by atoms with Gasteiger partial charge < -0.3 is 11.1 Å². The summed E-state index contributed by atoms with van der Waals surface area (Å²) < 4.78 is 87.6. The van der Waals surface area contributed by atoms with Gasteiger partial charge in [-0.15, -0.1) is 11.3 Å². The average molecular weight is 540 g/mol. The molecule has 5 N–H and O–H groups in total. The number of hydrogen-bond acceptors (Lipinski definition) is 6. The number of hydrogen-bond donors (Lipinski definition) is 4. The summed E-state index contributed by atoms with van der Waals surface area (Å²) in [5.74, 6) is -6.65. The van der Waals surface area contributed by atoms with Crippen molar-refractivity contribution >= 4 is 54.7 Å². The van der Waals surface area contributed by atoms with E-state index >= 15 is 8.78 Å². The summed E-state index contributed by atoms with van der Waals surface area (Å²) in [6, 6.07) is 6.45. The van der Waals surface area contributed by atoms with E-state index in [1.54, 1.807) is 11.4 Å². The number of carbonyl (C=O) groups excluding carboxylic acids is 1. The van der Waals surface area contributed by atoms with Crippen LogP contribution >= 0.6 is 11.3 Å². The summed E-state index contributed by atoms with van der Waals surface area (Å²) >= 11 is 1.29. The number of nitrogens with one attached hydrogen (secondary N) is 3. The fourth-order valence-corrected chi connectivity index (χ4v) is 4.72. The highest BCUT2D eigenvalue weighted by Crippen LogP contribution is 2.34. The van der Waals surface area contributed by atoms with Crippen LogP contribution in [-0.4, -0.2) is 26.4 Å². The number of anilines is 3. The fraction of sp³-hybridized carbons (Fsp3) is 0.0909. The first-order valence-corrected chi connectivity index (χ1v) is 12.5. The smallest absolute Gasteiger partial charge is 0.300 e. The quantitative estimate of drug-likeness (QED) is 0.250. The molecule has 2 aromatic heterocycles. The number of nitrogens with zero attached hydrogens (tertiary/aromatic N) is 1. The molecule has 0 aliphatic carbocycles. The average Bonchev–Trinajstić information content (AvgIpc) is 3.32. The third-order valence-corrected chi connectivity index (χ3v) is 7.11. The van der Waals surface area contributed by atoms with Crippen molar-refractivity contribution in [3.05, 3.63) is 81.9 Å². The fourth-order valence-electron chi connectivity index (χ4n) is 3.44. The second-order valence-electron chi connectivity index (χ2n) is 7.45. The van der Waals surface area contributed by atoms with Crippen molar-refractivity contribution in [2.24, 2.45) is 5.73 Å². The van der Waals surface area contributed by atoms with Crippen LogP contribution < -0.4 is 20.5 Å². The van der Waals surface area contributed by atoms with Gasteiger partial charge in [0.05, 0.1) is 16.9 Å². The van der Waals surface area contributed by atoms with Crippen molar-refractivity contribution in [1.29, 1.82) is 0 Å². The number of rotatable bonds is 8. The van der Waals surface area contributed by atoms with Crippen LogP contribution in [0.1, 0.15) is 21.5 Å². The Morgan fingerprint density at radius 3 is 2.47 bits per heavy atom. The summed E-state index contributed by atoms with van der Waals surface area (Å²) in [5, 5.41) is 4.32. The van der Waals surface area contributed by atoms with Gasteiger partial charge in [-0.3, -0.25) is 9.52 Å². The SMILES string of the molecule is CNS(=O)(=O)Nc1nccc(Cc2cc(C(N)=O)c(Nc3ccc4sccc4c3F)c(F)c2F)c1F. The molecule has 0 saturated carbocycles. The summed E-state index contributed by atoms with van der Waals surface area (Å²) in [7, 11) is -3.01. The zero-order valence-corrected chi connectivity index (χ0v) is 20.0. The van der Waals surface area contributed by atoms with Crippen LogP contribution in [0.4, 0.5) is 34.8 Å². The van der Waals surface area contributed by atoms with Crippen molar-refractivity contribution in [3.8, 4) is 0 Å². The molecule has 14 heteroatoms. The van der Waals surface area contributed by atoms with Gasteiger partial charge >= 0.3 is 0 Å². The zero-order chi connectivity index (χ0) is 26.2. The van der Waals surface area contributed by atoms with Crippen LogP contribution in [0.3, 0.4) is 0 Å². The Morgan fingerprint density at radius 2 is 1.78 bits per heavy atom. The first kappa shape index (κ1) is 25.3. The number of amides is 1. The van der Waals surface area contributed by atoms with Gasteiger partial charge in [0, 0.05) is 29.8 Å². The van der Waals surface area contributed by atoms with E-state index in [0.29, 0.717) is 4.70 Å². The van der Waals surface area contributed by atoms with Crippen LogP contribution in [0.2, 0.25) is 0 Å². The molecule has 0 saturated heterocycles. The Kier molecular flexibility index (Phi) is 6.84. The van der Waals surface area contributed by atoms with Crippen molar-refractivity contribution in [3.63, 3.8) is 0 Å². The maximum atomic E-state index is 15.1. The van der Waals surface area contributed by atoms with Gasteiger partial charge in [-0.2, -0.15) is 8.42 Å². The van der Waals surface area contributed by atoms with E-state index in [1.807, 2.05) is 9.44 Å². The van der Waals surface area contributed by atoms with E-state index in [9.17, 15) is 22.0 Å². The van der Waals surface area contributed by atoms with E-state index in [-0.39, 0.29) is 16.6 Å². The van der Waals surface area contributed by atoms with E-state index in [4.69, 9.17) is 5.73 Å². The van der Waals surface area contributed by atoms with Gasteiger partial charge in [-0.05, 0) is 46.8 Å². The number of halogens is 4. The lowest BCUT2D eigenvalue weighted by molar-refractivity contribution is 0.100. The van der Waals surface area contributed by atoms with E-state index < -0.39 is 68.4 Å². The minimum atomic E-state index is -4.10. The number of primary amides is 1. The Hall–Kier alpha value is -3.75. The Morgan fingerprint density at radius 1 is 1.03 bits per heavy atom. The molecule has 0 atom stereocenters. The molecule has 4 aromatic rings. The molecule has 1 amide bonds. The normalized spacial score (nSPS) is 11.6. The molecular formula is C22H17F4N5O3S2. The number of fused-ring (bicyclic) bond motifs is 1. The van der Waals surface area contributed by atoms with E-state index in [2.05, 4.69) is 10.3 Å². The molecule has 0 spiro atoms. The molecule has 0 aliphatic rings. The molecule has 2 heterocycles. The summed E-state index contributed by atoms with van der Waals surface area (Å²) in [6.45, 7) is 0. The first-order valence-electron chi connectivity index (χ1n) is 10.1. The molecule has 2 aromatic carbocycles. The van der Waals surface area contributed by atoms with Gasteiger partial charge in [0.1, 0.15) is 0 Å². The second-order valence-corrected chi connectivity index (χ2v) is 10.0. The molecule has 36 heavy (non-hydrogen) atoms. The topological polar surface area (TPSA) is 126 Å². The first-order chi connectivity index (χ1) is 17.0. The summed E-state index contributed by atoms with van der Waals surface area (Å²) in [6.07, 6.45) is 0.482. The maximum Gasteiger partial charge on any atom is 0.300 e. The minimum absolute atomic E-state index is 0.212. The van der Waals surface area contributed by atoms with Crippen molar-refractivity contribution in [2.75, 3.05) is 17.1 Å². The van der Waals surface area contributed by atoms with Gasteiger partial charge in [-0.25, -0.2) is 27.3 Å². The second kappa shape index (κ2) is 9.72. The van der Waals surface area contributed by atoms with Gasteiger partial charge in [0.25, 0.3) is 16.1 Å². The molecule has 0 unspecified atom stereocenters. The summed E-state index contributed by atoms with van der Waals surface area (Å²) in [4.78, 5) is 15.7. The molecular weight excluding hydrogens is 522 g/mol. The zero-order valence-electron chi connectivity index (χ0n) is 18.3. The van der Waals surface area contributed by atoms with Crippen LogP contribution in [0.5, 0.6) is 0 Å². The standard InChI is InChI=1S/C22H17F4N5O3S2/c1-28-36(33,34)31-22-17(24)10(4-6-29-22)8-11-9-13(21(27)32)20(19(26)16(11)23)30-14-2-3-15-12(18(14)25)5-7-35-15/h2-7,9,28,30H,8H2,1H3,(H2,27,32)(H,29,31). The molecule has 0 fully saturated rings. The predicted molar refractivity (Wildman–Crippen MR) is 129 cm³/mol. The maximum absolute atomic E-state index is 15.1. The van der Waals surface area contributed by atoms with Crippen LogP contribution in [0.15, 0.2) is 41.9 Å². The Balaban J connectivity index is 1.74. The lowest BCUT2D eigenvalue weighted by Gasteiger charge is -2.16. The van der Waals surface area contributed by atoms with Crippen LogP contribution in [-0.2, 0) is 16.6 Å². The molecule has 188 valence electrons. The number of nitrogens with two attached hydrogens (primary N) is 1. The van der Waals surface area contributed by atoms with Crippen LogP contribution in [0.25, 0.3) is 10.1 Å². The molecule has 0 aliphatic heterocycles. The van der Waals surface area contributed by atoms with Crippen molar-refractivity contribution in [2.45, 2.75) is 6.42 Å². The number of carbonyl (C=O) groups is 1. The molecule has 0 bridgehead atoms. The number of thiophene rings is 1. The van der Waals surface area contributed by atoms with E-state index in [0.717, 1.165) is 25.4 Å². The Labute approximate surface area is 206 Å². The third kappa shape index (κ3) is 4.82. The molecule has 4 rings (SSSR count). The predicted octanol–water partition coefficient (Wildman–Crippen LogP) is 4.16. The largest absolute Gasteiger partial charge is 0.366 e. The minimum Gasteiger partial charge on any atom is -0.366 e. The highest BCUT2D eigenvalue weighted by Gasteiger charge is 2.24. The number of pyridine rings is 1. The monoisotopic (exact) mass is 539 g/mol. The number of benzene rings is 2. The summed E-state index contributed by atoms with van der Waals surface area (Å²) in [5.41, 5.74) is 3.28. The van der Waals surface area contributed by atoms with Crippen molar-refractivity contribution < 1.29 is 30.8 Å². The van der Waals surface area contributed by atoms with Crippen molar-refractivity contribution in [1.82, 2.24) is 9.71 Å². The highest BCUT2D eigenvalue weighted by atomic mass is 32.2. The molecule has 0 radical (unpaired) electrons. The van der Waals surface area contributed by atoms with Gasteiger partial charge in [-0.1, -0.05) is 0 Å². The third-order valence-electron chi connectivity index (χ3n) is 5.23. The van der Waals surface area contributed by atoms with Crippen LogP contribution in [0, 0.1) is 23.3 Å². The highest BCUT2D eigenvalue weighted by molar-refractivity contribution is 7.90. The van der Waals surface area contributed by atoms with Gasteiger partial charge in [0.2, 0.25) is 0 Å². The van der Waals surface area contributed by atoms with Gasteiger partial charge in [0.15, 0.2) is 29.1 Å². The molecule has 8 nitrogen and oxygen atoms in total. The van der Waals surface area contributed by atoms with E-state index in [1.165, 1.54) is 23.5 Å². The lowest BCUT2D eigenvalue weighted by Crippen LogP contribution is -2.27.